The normalized spacial score (nSPS) is 10.5. The third-order valence-electron chi connectivity index (χ3n) is 2.40. The number of aromatic nitrogens is 1. The van der Waals surface area contributed by atoms with Gasteiger partial charge in [-0.05, 0) is 19.1 Å². The number of hydrogen-bond acceptors (Lipinski definition) is 5. The van der Waals surface area contributed by atoms with Gasteiger partial charge in [0.1, 0.15) is 5.76 Å². The quantitative estimate of drug-likeness (QED) is 0.783. The van der Waals surface area contributed by atoms with Crippen molar-refractivity contribution in [3.8, 4) is 0 Å². The summed E-state index contributed by atoms with van der Waals surface area (Å²) in [7, 11) is 1.94. The topological polar surface area (TPSA) is 46.3 Å². The standard InChI is InChI=1S/C12H14N2O2S/c1-8-11(9(2)15)17-12(13-8)14(3)7-10-5-4-6-16-10/h4-6H,7H2,1-3H3. The summed E-state index contributed by atoms with van der Waals surface area (Å²) in [5, 5.41) is 0.837. The fourth-order valence-corrected chi connectivity index (χ4v) is 2.50. The van der Waals surface area contributed by atoms with E-state index in [2.05, 4.69) is 4.98 Å². The summed E-state index contributed by atoms with van der Waals surface area (Å²) in [6.07, 6.45) is 1.65. The second-order valence-corrected chi connectivity index (χ2v) is 4.88. The van der Waals surface area contributed by atoms with E-state index in [1.54, 1.807) is 13.2 Å². The van der Waals surface area contributed by atoms with Crippen LogP contribution in [-0.2, 0) is 6.54 Å². The molecule has 0 atom stereocenters. The van der Waals surface area contributed by atoms with E-state index in [1.165, 1.54) is 11.3 Å². The molecule has 0 saturated carbocycles. The molecule has 0 radical (unpaired) electrons. The number of hydrogen-bond donors (Lipinski definition) is 0. The first-order chi connectivity index (χ1) is 8.08. The van der Waals surface area contributed by atoms with Gasteiger partial charge in [0.25, 0.3) is 0 Å². The molecular weight excluding hydrogens is 236 g/mol. The molecule has 0 aliphatic rings. The van der Waals surface area contributed by atoms with Gasteiger partial charge in [-0.25, -0.2) is 4.98 Å². The first-order valence-electron chi connectivity index (χ1n) is 5.30. The van der Waals surface area contributed by atoms with Crippen LogP contribution in [0.5, 0.6) is 0 Å². The van der Waals surface area contributed by atoms with E-state index in [4.69, 9.17) is 4.42 Å². The van der Waals surface area contributed by atoms with Crippen molar-refractivity contribution in [2.75, 3.05) is 11.9 Å². The lowest BCUT2D eigenvalue weighted by Gasteiger charge is -2.13. The van der Waals surface area contributed by atoms with Crippen LogP contribution in [0.15, 0.2) is 22.8 Å². The Morgan fingerprint density at radius 2 is 2.35 bits per heavy atom. The first-order valence-corrected chi connectivity index (χ1v) is 6.11. The molecule has 2 aromatic rings. The van der Waals surface area contributed by atoms with Gasteiger partial charge in [0.2, 0.25) is 0 Å². The van der Waals surface area contributed by atoms with E-state index in [0.29, 0.717) is 6.54 Å². The van der Waals surface area contributed by atoms with Gasteiger partial charge in [-0.1, -0.05) is 11.3 Å². The maximum atomic E-state index is 11.4. The zero-order valence-electron chi connectivity index (χ0n) is 10.1. The predicted molar refractivity (Wildman–Crippen MR) is 67.7 cm³/mol. The summed E-state index contributed by atoms with van der Waals surface area (Å²) < 4.78 is 5.28. The van der Waals surface area contributed by atoms with Crippen molar-refractivity contribution in [3.05, 3.63) is 34.7 Å². The highest BCUT2D eigenvalue weighted by Crippen LogP contribution is 2.26. The number of furan rings is 1. The Morgan fingerprint density at radius 1 is 1.59 bits per heavy atom. The van der Waals surface area contributed by atoms with Crippen molar-refractivity contribution in [3.63, 3.8) is 0 Å². The second-order valence-electron chi connectivity index (χ2n) is 3.90. The van der Waals surface area contributed by atoms with Crippen LogP contribution in [0.3, 0.4) is 0 Å². The molecule has 0 fully saturated rings. The minimum absolute atomic E-state index is 0.0673. The maximum absolute atomic E-state index is 11.4. The Bertz CT molecular complexity index is 517. The number of ketones is 1. The molecular formula is C12H14N2O2S. The Morgan fingerprint density at radius 3 is 2.88 bits per heavy atom. The molecule has 0 bridgehead atoms. The number of carbonyl (C=O) groups excluding carboxylic acids is 1. The van der Waals surface area contributed by atoms with Crippen LogP contribution in [0.2, 0.25) is 0 Å². The van der Waals surface area contributed by atoms with E-state index >= 15 is 0 Å². The van der Waals surface area contributed by atoms with Crippen molar-refractivity contribution < 1.29 is 9.21 Å². The second kappa shape index (κ2) is 4.71. The van der Waals surface area contributed by atoms with Crippen molar-refractivity contribution in [1.82, 2.24) is 4.98 Å². The summed E-state index contributed by atoms with van der Waals surface area (Å²) in [5.74, 6) is 0.947. The van der Waals surface area contributed by atoms with Gasteiger partial charge in [-0.15, -0.1) is 0 Å². The monoisotopic (exact) mass is 250 g/mol. The lowest BCUT2D eigenvalue weighted by atomic mass is 10.3. The Labute approximate surface area is 104 Å². The highest BCUT2D eigenvalue weighted by Gasteiger charge is 2.14. The minimum Gasteiger partial charge on any atom is -0.467 e. The smallest absolute Gasteiger partial charge is 0.186 e. The van der Waals surface area contributed by atoms with Gasteiger partial charge in [0.05, 0.1) is 23.4 Å². The van der Waals surface area contributed by atoms with Gasteiger partial charge in [0, 0.05) is 14.0 Å². The van der Waals surface area contributed by atoms with E-state index in [0.717, 1.165) is 21.5 Å². The lowest BCUT2D eigenvalue weighted by molar-refractivity contribution is 0.102. The SMILES string of the molecule is CC(=O)c1sc(N(C)Cc2ccco2)nc1C. The molecule has 2 aromatic heterocycles. The van der Waals surface area contributed by atoms with Gasteiger partial charge < -0.3 is 9.32 Å². The highest BCUT2D eigenvalue weighted by atomic mass is 32.1. The average molecular weight is 250 g/mol. The number of Topliss-reactive ketones (excluding diaryl/α,β-unsaturated/α-hetero) is 1. The Balaban J connectivity index is 2.17. The van der Waals surface area contributed by atoms with Gasteiger partial charge >= 0.3 is 0 Å². The van der Waals surface area contributed by atoms with Crippen LogP contribution in [0.1, 0.15) is 28.0 Å². The maximum Gasteiger partial charge on any atom is 0.186 e. The molecule has 4 nitrogen and oxygen atoms in total. The molecule has 0 N–H and O–H groups in total. The third-order valence-corrected chi connectivity index (χ3v) is 3.78. The molecule has 0 spiro atoms. The van der Waals surface area contributed by atoms with E-state index in [-0.39, 0.29) is 5.78 Å². The van der Waals surface area contributed by atoms with Crippen molar-refractivity contribution >= 4 is 22.3 Å². The van der Waals surface area contributed by atoms with Crippen LogP contribution in [0, 0.1) is 6.92 Å². The van der Waals surface area contributed by atoms with Crippen LogP contribution in [0.25, 0.3) is 0 Å². The molecule has 0 aromatic carbocycles. The molecule has 90 valence electrons. The fraction of sp³-hybridized carbons (Fsp3) is 0.333. The summed E-state index contributed by atoms with van der Waals surface area (Å²) in [4.78, 5) is 18.4. The van der Waals surface area contributed by atoms with Gasteiger partial charge in [0.15, 0.2) is 10.9 Å². The zero-order chi connectivity index (χ0) is 12.4. The molecule has 17 heavy (non-hydrogen) atoms. The van der Waals surface area contributed by atoms with Crippen LogP contribution >= 0.6 is 11.3 Å². The van der Waals surface area contributed by atoms with Crippen LogP contribution in [0.4, 0.5) is 5.13 Å². The number of anilines is 1. The molecule has 0 unspecified atom stereocenters. The highest BCUT2D eigenvalue weighted by molar-refractivity contribution is 7.17. The number of carbonyl (C=O) groups is 1. The Hall–Kier alpha value is -1.62. The summed E-state index contributed by atoms with van der Waals surface area (Å²) >= 11 is 1.42. The molecule has 0 aliphatic heterocycles. The minimum atomic E-state index is 0.0673. The summed E-state index contributed by atoms with van der Waals surface area (Å²) in [6, 6.07) is 3.78. The van der Waals surface area contributed by atoms with Gasteiger partial charge in [-0.3, -0.25) is 4.79 Å². The molecule has 2 rings (SSSR count). The summed E-state index contributed by atoms with van der Waals surface area (Å²) in [5.41, 5.74) is 0.795. The number of aryl methyl sites for hydroxylation is 1. The molecule has 0 aliphatic carbocycles. The van der Waals surface area contributed by atoms with Crippen molar-refractivity contribution in [1.29, 1.82) is 0 Å². The first kappa shape index (κ1) is 11.9. The lowest BCUT2D eigenvalue weighted by Crippen LogP contribution is -2.15. The predicted octanol–water partition coefficient (Wildman–Crippen LogP) is 2.88. The fourth-order valence-electron chi connectivity index (χ4n) is 1.58. The Kier molecular flexibility index (Phi) is 3.28. The molecule has 0 amide bonds. The number of rotatable bonds is 4. The molecule has 0 saturated heterocycles. The van der Waals surface area contributed by atoms with E-state index < -0.39 is 0 Å². The largest absolute Gasteiger partial charge is 0.467 e. The van der Waals surface area contributed by atoms with Crippen LogP contribution in [-0.4, -0.2) is 17.8 Å². The third kappa shape index (κ3) is 2.55. The molecule has 2 heterocycles. The van der Waals surface area contributed by atoms with Crippen molar-refractivity contribution in [2.45, 2.75) is 20.4 Å². The molecule has 5 heteroatoms. The average Bonchev–Trinajstić information content (AvgIpc) is 2.86. The van der Waals surface area contributed by atoms with Crippen LogP contribution < -0.4 is 4.90 Å². The number of thiazole rings is 1. The van der Waals surface area contributed by atoms with Gasteiger partial charge in [-0.2, -0.15) is 0 Å². The van der Waals surface area contributed by atoms with E-state index in [1.807, 2.05) is 31.0 Å². The number of nitrogens with zero attached hydrogens (tertiary/aromatic N) is 2. The summed E-state index contributed by atoms with van der Waals surface area (Å²) in [6.45, 7) is 4.07. The zero-order valence-corrected chi connectivity index (χ0v) is 10.9. The van der Waals surface area contributed by atoms with E-state index in [9.17, 15) is 4.79 Å². The van der Waals surface area contributed by atoms with Crippen molar-refractivity contribution in [2.24, 2.45) is 0 Å².